The molecule has 0 saturated carbocycles. The van der Waals surface area contributed by atoms with Gasteiger partial charge in [0.05, 0.1) is 11.8 Å². The van der Waals surface area contributed by atoms with Crippen LogP contribution in [0.1, 0.15) is 51.7 Å². The molecule has 4 heteroatoms. The summed E-state index contributed by atoms with van der Waals surface area (Å²) in [5.41, 5.74) is 3.18. The van der Waals surface area contributed by atoms with Crippen LogP contribution >= 0.6 is 0 Å². The van der Waals surface area contributed by atoms with E-state index in [2.05, 4.69) is 25.2 Å². The number of nitrogens with one attached hydrogen (secondary N) is 1. The summed E-state index contributed by atoms with van der Waals surface area (Å²) in [6.45, 7) is 8.17. The highest BCUT2D eigenvalue weighted by Crippen LogP contribution is 2.42. The molecule has 0 fully saturated rings. The van der Waals surface area contributed by atoms with Crippen LogP contribution in [-0.4, -0.2) is 6.09 Å². The SMILES string of the molecule is CCC1(CC)OC(=O)Nc2ccc(/C(=C/C#N)C(C)C)cc21. The smallest absolute Gasteiger partial charge is 0.412 e. The molecule has 0 radical (unpaired) electrons. The first-order valence-electron chi connectivity index (χ1n) is 7.72. The van der Waals surface area contributed by atoms with Crippen molar-refractivity contribution in [3.8, 4) is 6.07 Å². The summed E-state index contributed by atoms with van der Waals surface area (Å²) in [5.74, 6) is 0.245. The van der Waals surface area contributed by atoms with Crippen LogP contribution in [0.2, 0.25) is 0 Å². The van der Waals surface area contributed by atoms with E-state index in [4.69, 9.17) is 10.00 Å². The fourth-order valence-corrected chi connectivity index (χ4v) is 3.01. The van der Waals surface area contributed by atoms with Crippen LogP contribution in [0.4, 0.5) is 10.5 Å². The van der Waals surface area contributed by atoms with Crippen molar-refractivity contribution in [1.82, 2.24) is 0 Å². The van der Waals surface area contributed by atoms with Crippen LogP contribution in [0.15, 0.2) is 24.3 Å². The lowest BCUT2D eigenvalue weighted by Crippen LogP contribution is -2.38. The summed E-state index contributed by atoms with van der Waals surface area (Å²) >= 11 is 0. The third-order valence-corrected chi connectivity index (χ3v) is 4.35. The summed E-state index contributed by atoms with van der Waals surface area (Å²) in [6.07, 6.45) is 2.62. The average Bonchev–Trinajstić information content (AvgIpc) is 2.51. The third-order valence-electron chi connectivity index (χ3n) is 4.35. The van der Waals surface area contributed by atoms with Gasteiger partial charge < -0.3 is 4.74 Å². The predicted molar refractivity (Wildman–Crippen MR) is 87.2 cm³/mol. The zero-order valence-corrected chi connectivity index (χ0v) is 13.6. The quantitative estimate of drug-likeness (QED) is 0.810. The number of amides is 1. The van der Waals surface area contributed by atoms with Crippen molar-refractivity contribution in [3.05, 3.63) is 35.4 Å². The minimum absolute atomic E-state index is 0.245. The molecule has 22 heavy (non-hydrogen) atoms. The van der Waals surface area contributed by atoms with Crippen molar-refractivity contribution in [3.63, 3.8) is 0 Å². The monoisotopic (exact) mass is 298 g/mol. The van der Waals surface area contributed by atoms with Crippen LogP contribution in [-0.2, 0) is 10.3 Å². The highest BCUT2D eigenvalue weighted by Gasteiger charge is 2.39. The van der Waals surface area contributed by atoms with Gasteiger partial charge in [0.25, 0.3) is 0 Å². The molecule has 0 unspecified atom stereocenters. The molecule has 2 rings (SSSR count). The number of nitriles is 1. The molecule has 1 aliphatic rings. The Hall–Kier alpha value is -2.28. The second-order valence-electron chi connectivity index (χ2n) is 5.86. The molecule has 0 bridgehead atoms. The largest absolute Gasteiger partial charge is 0.438 e. The zero-order valence-electron chi connectivity index (χ0n) is 13.6. The molecule has 116 valence electrons. The molecular weight excluding hydrogens is 276 g/mol. The number of hydrogen-bond donors (Lipinski definition) is 1. The molecule has 0 aliphatic carbocycles. The molecule has 1 heterocycles. The molecule has 1 aliphatic heterocycles. The molecule has 0 spiro atoms. The number of fused-ring (bicyclic) bond motifs is 1. The molecule has 1 N–H and O–H groups in total. The number of anilines is 1. The van der Waals surface area contributed by atoms with E-state index in [1.165, 1.54) is 0 Å². The summed E-state index contributed by atoms with van der Waals surface area (Å²) in [4.78, 5) is 11.8. The van der Waals surface area contributed by atoms with Gasteiger partial charge >= 0.3 is 6.09 Å². The number of benzene rings is 1. The predicted octanol–water partition coefficient (Wildman–Crippen LogP) is 4.83. The van der Waals surface area contributed by atoms with E-state index in [-0.39, 0.29) is 5.92 Å². The number of hydrogen-bond acceptors (Lipinski definition) is 3. The van der Waals surface area contributed by atoms with E-state index in [9.17, 15) is 4.79 Å². The van der Waals surface area contributed by atoms with Gasteiger partial charge in [0.15, 0.2) is 0 Å². The lowest BCUT2D eigenvalue weighted by Gasteiger charge is -2.37. The van der Waals surface area contributed by atoms with Crippen molar-refractivity contribution >= 4 is 17.4 Å². The highest BCUT2D eigenvalue weighted by molar-refractivity contribution is 5.89. The third kappa shape index (κ3) is 2.71. The molecule has 1 aromatic carbocycles. The molecular formula is C18H22N2O2. The number of nitrogens with zero attached hydrogens (tertiary/aromatic N) is 1. The molecule has 1 amide bonds. The van der Waals surface area contributed by atoms with Crippen LogP contribution in [0.25, 0.3) is 5.57 Å². The van der Waals surface area contributed by atoms with Crippen molar-refractivity contribution in [2.24, 2.45) is 5.92 Å². The van der Waals surface area contributed by atoms with Gasteiger partial charge in [0, 0.05) is 11.6 Å². The fourth-order valence-electron chi connectivity index (χ4n) is 3.01. The van der Waals surface area contributed by atoms with Gasteiger partial charge in [-0.25, -0.2) is 4.79 Å². The Balaban J connectivity index is 2.61. The van der Waals surface area contributed by atoms with Gasteiger partial charge in [0.2, 0.25) is 0 Å². The first kappa shape index (κ1) is 16.1. The average molecular weight is 298 g/mol. The van der Waals surface area contributed by atoms with E-state index in [0.717, 1.165) is 22.4 Å². The number of carbonyl (C=O) groups excluding carboxylic acids is 1. The van der Waals surface area contributed by atoms with E-state index in [1.54, 1.807) is 6.08 Å². The van der Waals surface area contributed by atoms with Crippen LogP contribution in [0, 0.1) is 17.2 Å². The van der Waals surface area contributed by atoms with Gasteiger partial charge in [-0.3, -0.25) is 5.32 Å². The minimum Gasteiger partial charge on any atom is -0.438 e. The van der Waals surface area contributed by atoms with Crippen molar-refractivity contribution in [2.75, 3.05) is 5.32 Å². The number of cyclic esters (lactones) is 1. The number of carbonyl (C=O) groups is 1. The Morgan fingerprint density at radius 2 is 2.09 bits per heavy atom. The maximum atomic E-state index is 11.8. The summed E-state index contributed by atoms with van der Waals surface area (Å²) in [6, 6.07) is 8.02. The topological polar surface area (TPSA) is 62.1 Å². The van der Waals surface area contributed by atoms with E-state index in [0.29, 0.717) is 12.8 Å². The second-order valence-corrected chi connectivity index (χ2v) is 5.86. The molecule has 4 nitrogen and oxygen atoms in total. The van der Waals surface area contributed by atoms with E-state index < -0.39 is 11.7 Å². The Morgan fingerprint density at radius 3 is 2.64 bits per heavy atom. The standard InChI is InChI=1S/C18H22N2O2/c1-5-18(6-2)15-11-13(14(9-10-19)12(3)4)7-8-16(15)20-17(21)22-18/h7-9,11-12H,5-6H2,1-4H3,(H,20,21)/b14-9+. The summed E-state index contributed by atoms with van der Waals surface area (Å²) < 4.78 is 5.62. The molecule has 0 aromatic heterocycles. The number of ether oxygens (including phenoxy) is 1. The Kier molecular flexibility index (Phi) is 4.56. The zero-order chi connectivity index (χ0) is 16.3. The molecule has 1 aromatic rings. The summed E-state index contributed by atoms with van der Waals surface area (Å²) in [5, 5.41) is 11.8. The maximum absolute atomic E-state index is 11.8. The lowest BCUT2D eigenvalue weighted by atomic mass is 9.83. The number of allylic oxidation sites excluding steroid dienone is 2. The van der Waals surface area contributed by atoms with Gasteiger partial charge in [0.1, 0.15) is 5.60 Å². The van der Waals surface area contributed by atoms with Crippen molar-refractivity contribution in [2.45, 2.75) is 46.1 Å². The van der Waals surface area contributed by atoms with Gasteiger partial charge in [-0.1, -0.05) is 33.8 Å². The Morgan fingerprint density at radius 1 is 1.41 bits per heavy atom. The second kappa shape index (κ2) is 6.23. The molecule has 0 atom stereocenters. The van der Waals surface area contributed by atoms with Gasteiger partial charge in [-0.05, 0) is 42.0 Å². The lowest BCUT2D eigenvalue weighted by molar-refractivity contribution is 0.00471. The fraction of sp³-hybridized carbons (Fsp3) is 0.444. The van der Waals surface area contributed by atoms with E-state index >= 15 is 0 Å². The van der Waals surface area contributed by atoms with Gasteiger partial charge in [-0.2, -0.15) is 5.26 Å². The van der Waals surface area contributed by atoms with Crippen molar-refractivity contribution in [1.29, 1.82) is 5.26 Å². The van der Waals surface area contributed by atoms with Gasteiger partial charge in [-0.15, -0.1) is 0 Å². The first-order chi connectivity index (χ1) is 10.5. The number of rotatable bonds is 4. The Labute approximate surface area is 131 Å². The Bertz CT molecular complexity index is 650. The molecule has 0 saturated heterocycles. The normalized spacial score (nSPS) is 16.5. The van der Waals surface area contributed by atoms with Crippen LogP contribution in [0.5, 0.6) is 0 Å². The minimum atomic E-state index is -0.595. The summed E-state index contributed by atoms with van der Waals surface area (Å²) in [7, 11) is 0. The van der Waals surface area contributed by atoms with Crippen LogP contribution in [0.3, 0.4) is 0 Å². The van der Waals surface area contributed by atoms with Crippen LogP contribution < -0.4 is 5.32 Å². The van der Waals surface area contributed by atoms with E-state index in [1.807, 2.05) is 32.0 Å². The highest BCUT2D eigenvalue weighted by atomic mass is 16.6. The maximum Gasteiger partial charge on any atom is 0.412 e. The van der Waals surface area contributed by atoms with Crippen molar-refractivity contribution < 1.29 is 9.53 Å². The first-order valence-corrected chi connectivity index (χ1v) is 7.72.